The molecule has 1 fully saturated rings. The molecule has 0 saturated heterocycles. The second-order valence-corrected chi connectivity index (χ2v) is 8.69. The number of aromatic nitrogens is 3. The van der Waals surface area contributed by atoms with E-state index in [9.17, 15) is 13.2 Å². The molecule has 0 spiro atoms. The third-order valence-corrected chi connectivity index (χ3v) is 5.48. The second kappa shape index (κ2) is 7.86. The molecular formula is C17H23N5O3S. The molecule has 2 amide bonds. The Morgan fingerprint density at radius 1 is 1.23 bits per heavy atom. The molecule has 3 rings (SSSR count). The van der Waals surface area contributed by atoms with E-state index in [0.29, 0.717) is 17.4 Å². The lowest BCUT2D eigenvalue weighted by Crippen LogP contribution is -2.19. The number of carbonyl (C=O) groups is 1. The highest BCUT2D eigenvalue weighted by molar-refractivity contribution is 7.90. The fraction of sp³-hybridized carbons (Fsp3) is 0.471. The maximum absolute atomic E-state index is 12.0. The van der Waals surface area contributed by atoms with Gasteiger partial charge in [0.2, 0.25) is 0 Å². The van der Waals surface area contributed by atoms with Crippen LogP contribution in [-0.2, 0) is 16.3 Å². The quantitative estimate of drug-likeness (QED) is 0.740. The molecule has 0 aliphatic heterocycles. The van der Waals surface area contributed by atoms with E-state index in [1.54, 1.807) is 0 Å². The summed E-state index contributed by atoms with van der Waals surface area (Å²) in [6, 6.07) is 4.22. The normalized spacial score (nSPS) is 15.6. The molecule has 3 N–H and O–H groups in total. The minimum Gasteiger partial charge on any atom is -0.306 e. The molecule has 0 radical (unpaired) electrons. The first kappa shape index (κ1) is 18.4. The Balaban J connectivity index is 1.53. The summed E-state index contributed by atoms with van der Waals surface area (Å²) < 4.78 is 22.8. The largest absolute Gasteiger partial charge is 0.324 e. The Morgan fingerprint density at radius 2 is 2.00 bits per heavy atom. The highest BCUT2D eigenvalue weighted by Gasteiger charge is 2.16. The van der Waals surface area contributed by atoms with Gasteiger partial charge in [0.25, 0.3) is 0 Å². The van der Waals surface area contributed by atoms with Crippen molar-refractivity contribution in [3.63, 3.8) is 0 Å². The molecule has 140 valence electrons. The van der Waals surface area contributed by atoms with Gasteiger partial charge >= 0.3 is 6.03 Å². The van der Waals surface area contributed by atoms with E-state index in [-0.39, 0.29) is 5.03 Å². The number of nitrogens with zero attached hydrogens (tertiary/aromatic N) is 2. The molecule has 2 aromatic rings. The van der Waals surface area contributed by atoms with Crippen LogP contribution in [0.2, 0.25) is 0 Å². The van der Waals surface area contributed by atoms with Crippen molar-refractivity contribution < 1.29 is 13.2 Å². The fourth-order valence-electron chi connectivity index (χ4n) is 3.18. The maximum atomic E-state index is 12.0. The van der Waals surface area contributed by atoms with E-state index < -0.39 is 15.9 Å². The van der Waals surface area contributed by atoms with E-state index >= 15 is 0 Å². The molecule has 0 atom stereocenters. The Labute approximate surface area is 152 Å². The van der Waals surface area contributed by atoms with Crippen LogP contribution in [0.25, 0.3) is 0 Å². The molecule has 1 aliphatic rings. The summed E-state index contributed by atoms with van der Waals surface area (Å²) in [5, 5.41) is 12.3. The van der Waals surface area contributed by atoms with Crippen molar-refractivity contribution in [2.75, 3.05) is 16.9 Å². The van der Waals surface area contributed by atoms with Gasteiger partial charge in [-0.05, 0) is 24.5 Å². The molecule has 2 heterocycles. The molecule has 2 aromatic heterocycles. The Kier molecular flexibility index (Phi) is 5.55. The molecule has 1 saturated carbocycles. The summed E-state index contributed by atoms with van der Waals surface area (Å²) >= 11 is 0. The van der Waals surface area contributed by atoms with Crippen LogP contribution in [-0.4, -0.2) is 35.9 Å². The van der Waals surface area contributed by atoms with Crippen LogP contribution < -0.4 is 10.6 Å². The maximum Gasteiger partial charge on any atom is 0.324 e. The lowest BCUT2D eigenvalue weighted by atomic mass is 9.86. The molecular weight excluding hydrogens is 354 g/mol. The lowest BCUT2D eigenvalue weighted by molar-refractivity contribution is 0.262. The van der Waals surface area contributed by atoms with Gasteiger partial charge in [-0.1, -0.05) is 32.1 Å². The highest BCUT2D eigenvalue weighted by atomic mass is 32.2. The van der Waals surface area contributed by atoms with Crippen LogP contribution >= 0.6 is 0 Å². The zero-order valence-electron chi connectivity index (χ0n) is 14.7. The lowest BCUT2D eigenvalue weighted by Gasteiger charge is -2.20. The summed E-state index contributed by atoms with van der Waals surface area (Å²) in [7, 11) is -3.36. The van der Waals surface area contributed by atoms with E-state index in [1.807, 2.05) is 6.07 Å². The smallest absolute Gasteiger partial charge is 0.306 e. The van der Waals surface area contributed by atoms with Crippen LogP contribution in [0.3, 0.4) is 0 Å². The summed E-state index contributed by atoms with van der Waals surface area (Å²) in [6.45, 7) is 0. The van der Waals surface area contributed by atoms with Crippen molar-refractivity contribution in [2.24, 2.45) is 5.92 Å². The number of aromatic amines is 1. The van der Waals surface area contributed by atoms with Crippen LogP contribution in [0.15, 0.2) is 29.4 Å². The van der Waals surface area contributed by atoms with Gasteiger partial charge in [-0.15, -0.1) is 0 Å². The van der Waals surface area contributed by atoms with Crippen molar-refractivity contribution in [1.29, 1.82) is 0 Å². The summed E-state index contributed by atoms with van der Waals surface area (Å²) in [5.41, 5.74) is 1.42. The summed E-state index contributed by atoms with van der Waals surface area (Å²) in [6.07, 6.45) is 9.74. The number of hydrogen-bond acceptors (Lipinski definition) is 5. The number of carbonyl (C=O) groups excluding carboxylic acids is 1. The van der Waals surface area contributed by atoms with E-state index in [1.165, 1.54) is 50.4 Å². The fourth-order valence-corrected chi connectivity index (χ4v) is 3.74. The van der Waals surface area contributed by atoms with Crippen LogP contribution in [0.1, 0.15) is 37.8 Å². The standard InChI is InChI=1S/C17H23N5O3S/c1-26(24,25)16-8-7-13(11-18-16)19-17(23)20-15-10-14(21-22-15)9-12-5-3-2-4-6-12/h7-8,10-12H,2-6,9H2,1H3,(H3,19,20,21,22,23). The average Bonchev–Trinajstić information content (AvgIpc) is 3.02. The minimum atomic E-state index is -3.36. The number of urea groups is 1. The first-order valence-electron chi connectivity index (χ1n) is 8.68. The van der Waals surface area contributed by atoms with Crippen molar-refractivity contribution >= 4 is 27.4 Å². The van der Waals surface area contributed by atoms with Gasteiger partial charge in [-0.3, -0.25) is 10.4 Å². The number of pyridine rings is 1. The van der Waals surface area contributed by atoms with Gasteiger partial charge in [0.1, 0.15) is 0 Å². The van der Waals surface area contributed by atoms with Gasteiger partial charge in [0.05, 0.1) is 11.9 Å². The molecule has 0 unspecified atom stereocenters. The van der Waals surface area contributed by atoms with Crippen molar-refractivity contribution in [3.8, 4) is 0 Å². The van der Waals surface area contributed by atoms with Crippen LogP contribution in [0.4, 0.5) is 16.3 Å². The number of sulfone groups is 1. The molecule has 1 aliphatic carbocycles. The van der Waals surface area contributed by atoms with Gasteiger partial charge in [0, 0.05) is 18.0 Å². The third-order valence-electron chi connectivity index (χ3n) is 4.48. The van der Waals surface area contributed by atoms with Crippen LogP contribution in [0, 0.1) is 5.92 Å². The number of H-pyrrole nitrogens is 1. The molecule has 0 aromatic carbocycles. The van der Waals surface area contributed by atoms with E-state index in [0.717, 1.165) is 18.4 Å². The predicted molar refractivity (Wildman–Crippen MR) is 98.9 cm³/mol. The molecule has 8 nitrogen and oxygen atoms in total. The number of nitrogens with one attached hydrogen (secondary N) is 3. The first-order chi connectivity index (χ1) is 12.4. The van der Waals surface area contributed by atoms with Gasteiger partial charge in [-0.25, -0.2) is 18.2 Å². The third kappa shape index (κ3) is 5.04. The molecule has 26 heavy (non-hydrogen) atoms. The van der Waals surface area contributed by atoms with Gasteiger partial charge in [0.15, 0.2) is 20.7 Å². The average molecular weight is 377 g/mol. The van der Waals surface area contributed by atoms with Crippen molar-refractivity contribution in [1.82, 2.24) is 15.2 Å². The van der Waals surface area contributed by atoms with Crippen molar-refractivity contribution in [3.05, 3.63) is 30.1 Å². The monoisotopic (exact) mass is 377 g/mol. The van der Waals surface area contributed by atoms with Gasteiger partial charge < -0.3 is 5.32 Å². The molecule has 9 heteroatoms. The Bertz CT molecular complexity index is 855. The van der Waals surface area contributed by atoms with Crippen LogP contribution in [0.5, 0.6) is 0 Å². The van der Waals surface area contributed by atoms with Gasteiger partial charge in [-0.2, -0.15) is 5.10 Å². The topological polar surface area (TPSA) is 117 Å². The molecule has 0 bridgehead atoms. The number of anilines is 2. The number of rotatable bonds is 5. The van der Waals surface area contributed by atoms with Crippen molar-refractivity contribution in [2.45, 2.75) is 43.6 Å². The van der Waals surface area contributed by atoms with E-state index in [4.69, 9.17) is 0 Å². The zero-order valence-corrected chi connectivity index (χ0v) is 15.5. The Morgan fingerprint density at radius 3 is 2.65 bits per heavy atom. The summed E-state index contributed by atoms with van der Waals surface area (Å²) in [4.78, 5) is 15.9. The highest BCUT2D eigenvalue weighted by Crippen LogP contribution is 2.26. The zero-order chi connectivity index (χ0) is 18.6. The predicted octanol–water partition coefficient (Wildman–Crippen LogP) is 2.98. The van der Waals surface area contributed by atoms with E-state index in [2.05, 4.69) is 25.8 Å². The second-order valence-electron chi connectivity index (χ2n) is 6.72. The first-order valence-corrected chi connectivity index (χ1v) is 10.6. The minimum absolute atomic E-state index is 0.0388. The number of amides is 2. The number of hydrogen-bond donors (Lipinski definition) is 3. The summed E-state index contributed by atoms with van der Waals surface area (Å²) in [5.74, 6) is 1.14. The SMILES string of the molecule is CS(=O)(=O)c1ccc(NC(=O)Nc2cc(CC3CCCCC3)[nH]n2)cn1. The Hall–Kier alpha value is -2.42.